The Morgan fingerprint density at radius 3 is 2.67 bits per heavy atom. The lowest BCUT2D eigenvalue weighted by molar-refractivity contribution is -0.137. The number of thioether (sulfide) groups is 2. The summed E-state index contributed by atoms with van der Waals surface area (Å²) in [5.74, 6) is 3.03. The van der Waals surface area contributed by atoms with Gasteiger partial charge in [-0.3, -0.25) is 14.4 Å². The number of nitrogens with zero attached hydrogens (tertiary/aromatic N) is 4. The fraction of sp³-hybridized carbons (Fsp3) is 0.448. The van der Waals surface area contributed by atoms with Crippen molar-refractivity contribution in [2.45, 2.75) is 60.2 Å². The maximum Gasteiger partial charge on any atom is 0.303 e. The summed E-state index contributed by atoms with van der Waals surface area (Å²) in [6.45, 7) is 0.681. The van der Waals surface area contributed by atoms with E-state index in [4.69, 9.17) is 41.4 Å². The van der Waals surface area contributed by atoms with Crippen molar-refractivity contribution < 1.29 is 19.4 Å². The van der Waals surface area contributed by atoms with Crippen LogP contribution in [0, 0.1) is 0 Å². The zero-order valence-corrected chi connectivity index (χ0v) is 24.8. The zero-order chi connectivity index (χ0) is 27.8. The van der Waals surface area contributed by atoms with Crippen molar-refractivity contribution in [3.8, 4) is 17.2 Å². The summed E-state index contributed by atoms with van der Waals surface area (Å²) >= 11 is 10.2. The van der Waals surface area contributed by atoms with Crippen LogP contribution in [0.25, 0.3) is 5.69 Å². The maximum atomic E-state index is 11.0. The number of aliphatic imine (C=N–C) groups is 1. The van der Waals surface area contributed by atoms with Crippen molar-refractivity contribution in [3.05, 3.63) is 64.2 Å². The molecule has 11 heteroatoms. The molecule has 0 spiro atoms. The van der Waals surface area contributed by atoms with E-state index in [-0.39, 0.29) is 22.2 Å². The second-order valence-electron chi connectivity index (χ2n) is 10.3. The monoisotopic (exact) mass is 598 g/mol. The Kier molecular flexibility index (Phi) is 8.01. The summed E-state index contributed by atoms with van der Waals surface area (Å²) in [4.78, 5) is 15.8. The molecule has 0 bridgehead atoms. The first kappa shape index (κ1) is 27.5. The molecule has 1 N–H and O–H groups in total. The molecule has 210 valence electrons. The van der Waals surface area contributed by atoms with E-state index in [1.807, 2.05) is 30.0 Å². The number of hydrogen-bond acceptors (Lipinski definition) is 8. The number of aromatic nitrogens is 3. The number of carbonyl (C=O) groups is 1. The number of ether oxygens (including phenoxy) is 2. The third-order valence-corrected chi connectivity index (χ3v) is 10.7. The highest BCUT2D eigenvalue weighted by molar-refractivity contribution is 8.14. The Morgan fingerprint density at radius 1 is 1.10 bits per heavy atom. The van der Waals surface area contributed by atoms with Gasteiger partial charge in [0.05, 0.1) is 42.0 Å². The average Bonchev–Trinajstić information content (AvgIpc) is 3.58. The lowest BCUT2D eigenvalue weighted by atomic mass is 10.0. The highest BCUT2D eigenvalue weighted by Crippen LogP contribution is 2.55. The van der Waals surface area contributed by atoms with Gasteiger partial charge in [0.25, 0.3) is 0 Å². The molecular weight excluding hydrogens is 568 g/mol. The Hall–Kier alpha value is -2.69. The van der Waals surface area contributed by atoms with Crippen LogP contribution in [-0.4, -0.2) is 56.9 Å². The lowest BCUT2D eigenvalue weighted by Gasteiger charge is -2.24. The van der Waals surface area contributed by atoms with Gasteiger partial charge >= 0.3 is 5.97 Å². The molecule has 1 saturated carbocycles. The minimum absolute atomic E-state index is 0.0356. The number of carboxylic acids is 1. The summed E-state index contributed by atoms with van der Waals surface area (Å²) in [6, 6.07) is 12.1. The predicted octanol–water partition coefficient (Wildman–Crippen LogP) is 6.85. The smallest absolute Gasteiger partial charge is 0.303 e. The average molecular weight is 599 g/mol. The first-order chi connectivity index (χ1) is 19.5. The molecule has 1 unspecified atom stereocenters. The number of fused-ring (bicyclic) bond motifs is 3. The Labute approximate surface area is 246 Å². The Bertz CT molecular complexity index is 1460. The standard InChI is InChI=1S/C29H31ClN4O4S2/c1-37-22-5-3-4-19(26(22)38-2)27-20-14-17(30)8-10-21(20)34-28(16-6-7-16)32-33-29(34)23(40-27)11-12-24-31-15-18(39-24)9-13-25(35)36/h3-5,8,10,14,16,18,23,27H,6-7,9,11-13,15H2,1-2H3,(H,35,36)/t18?,23-,27-/m1/s1. The van der Waals surface area contributed by atoms with Gasteiger partial charge in [0.1, 0.15) is 5.82 Å². The predicted molar refractivity (Wildman–Crippen MR) is 160 cm³/mol. The summed E-state index contributed by atoms with van der Waals surface area (Å²) in [5, 5.41) is 20.5. The number of carboxylic acid groups (broad SMARTS) is 1. The van der Waals surface area contributed by atoms with E-state index in [9.17, 15) is 4.79 Å². The van der Waals surface area contributed by atoms with Crippen molar-refractivity contribution in [3.63, 3.8) is 0 Å². The number of methoxy groups -OCH3 is 2. The van der Waals surface area contributed by atoms with E-state index in [1.54, 1.807) is 26.0 Å². The molecule has 1 aromatic heterocycles. The Balaban J connectivity index is 1.38. The molecule has 6 rings (SSSR count). The molecule has 40 heavy (non-hydrogen) atoms. The molecule has 2 aliphatic heterocycles. The van der Waals surface area contributed by atoms with Gasteiger partial charge in [-0.25, -0.2) is 0 Å². The Morgan fingerprint density at radius 2 is 1.93 bits per heavy atom. The van der Waals surface area contributed by atoms with Gasteiger partial charge in [-0.15, -0.1) is 33.7 Å². The largest absolute Gasteiger partial charge is 0.493 e. The minimum Gasteiger partial charge on any atom is -0.493 e. The van der Waals surface area contributed by atoms with Crippen LogP contribution in [0.15, 0.2) is 41.4 Å². The molecule has 1 aliphatic carbocycles. The van der Waals surface area contributed by atoms with Gasteiger partial charge in [-0.2, -0.15) is 0 Å². The fourth-order valence-electron chi connectivity index (χ4n) is 5.46. The van der Waals surface area contributed by atoms with Gasteiger partial charge in [-0.1, -0.05) is 23.7 Å². The lowest BCUT2D eigenvalue weighted by Crippen LogP contribution is -2.08. The maximum absolute atomic E-state index is 11.0. The molecule has 3 heterocycles. The molecular formula is C29H31ClN4O4S2. The molecule has 2 aromatic carbocycles. The number of para-hydroxylation sites is 1. The topological polar surface area (TPSA) is 98.8 Å². The van der Waals surface area contributed by atoms with Gasteiger partial charge in [0.2, 0.25) is 0 Å². The van der Waals surface area contributed by atoms with Crippen molar-refractivity contribution in [2.75, 3.05) is 20.8 Å². The molecule has 3 atom stereocenters. The summed E-state index contributed by atoms with van der Waals surface area (Å²) < 4.78 is 13.8. The van der Waals surface area contributed by atoms with Crippen molar-refractivity contribution in [1.29, 1.82) is 0 Å². The fourth-order valence-corrected chi connectivity index (χ4v) is 8.32. The number of benzene rings is 2. The first-order valence-corrected chi connectivity index (χ1v) is 15.7. The van der Waals surface area contributed by atoms with Crippen molar-refractivity contribution in [1.82, 2.24) is 14.8 Å². The second-order valence-corrected chi connectivity index (χ2v) is 13.4. The van der Waals surface area contributed by atoms with Crippen LogP contribution in [-0.2, 0) is 4.79 Å². The summed E-state index contributed by atoms with van der Waals surface area (Å²) in [7, 11) is 3.33. The van der Waals surface area contributed by atoms with Crippen LogP contribution >= 0.6 is 35.1 Å². The third-order valence-electron chi connectivity index (χ3n) is 7.55. The van der Waals surface area contributed by atoms with Crippen molar-refractivity contribution >= 4 is 46.1 Å². The highest BCUT2D eigenvalue weighted by atomic mass is 35.5. The molecule has 3 aliphatic rings. The SMILES string of the molecule is COc1cccc([C@H]2S[C@H](CCC3=NCC(CCC(=O)O)S3)c3nnc(C4CC4)n3-c3ccc(Cl)cc32)c1OC. The van der Waals surface area contributed by atoms with Gasteiger partial charge in [-0.05, 0) is 61.9 Å². The van der Waals surface area contributed by atoms with E-state index in [0.29, 0.717) is 35.4 Å². The van der Waals surface area contributed by atoms with E-state index in [1.165, 1.54) is 0 Å². The van der Waals surface area contributed by atoms with Crippen LogP contribution < -0.4 is 9.47 Å². The van der Waals surface area contributed by atoms with Crippen LogP contribution in [0.2, 0.25) is 5.02 Å². The number of aliphatic carboxylic acids is 1. The molecule has 0 radical (unpaired) electrons. The molecule has 3 aromatic rings. The van der Waals surface area contributed by atoms with E-state index < -0.39 is 5.97 Å². The third kappa shape index (κ3) is 5.45. The minimum atomic E-state index is -0.756. The highest BCUT2D eigenvalue weighted by Gasteiger charge is 2.39. The quantitative estimate of drug-likeness (QED) is 0.270. The normalized spacial score (nSPS) is 21.8. The number of halogens is 1. The van der Waals surface area contributed by atoms with Crippen LogP contribution in [0.1, 0.15) is 77.7 Å². The molecule has 1 fully saturated rings. The van der Waals surface area contributed by atoms with E-state index in [2.05, 4.69) is 22.8 Å². The summed E-state index contributed by atoms with van der Waals surface area (Å²) in [5.41, 5.74) is 3.17. The van der Waals surface area contributed by atoms with Gasteiger partial charge < -0.3 is 14.6 Å². The summed E-state index contributed by atoms with van der Waals surface area (Å²) in [6.07, 6.45) is 4.69. The molecule has 8 nitrogen and oxygen atoms in total. The number of rotatable bonds is 10. The molecule has 0 saturated heterocycles. The first-order valence-electron chi connectivity index (χ1n) is 13.5. The van der Waals surface area contributed by atoms with E-state index >= 15 is 0 Å². The van der Waals surface area contributed by atoms with Crippen LogP contribution in [0.5, 0.6) is 11.5 Å². The van der Waals surface area contributed by atoms with Crippen molar-refractivity contribution in [2.24, 2.45) is 4.99 Å². The second kappa shape index (κ2) is 11.7. The van der Waals surface area contributed by atoms with E-state index in [0.717, 1.165) is 59.2 Å². The molecule has 0 amide bonds. The van der Waals surface area contributed by atoms with Gasteiger partial charge in [0.15, 0.2) is 17.3 Å². The number of hydrogen-bond donors (Lipinski definition) is 1. The van der Waals surface area contributed by atoms with Crippen LogP contribution in [0.3, 0.4) is 0 Å². The zero-order valence-electron chi connectivity index (χ0n) is 22.4. The van der Waals surface area contributed by atoms with Gasteiger partial charge in [0, 0.05) is 28.2 Å². The van der Waals surface area contributed by atoms with Crippen LogP contribution in [0.4, 0.5) is 0 Å².